The van der Waals surface area contributed by atoms with Gasteiger partial charge in [0.05, 0.1) is 10.6 Å². The number of rotatable bonds is 11. The Morgan fingerprint density at radius 1 is 0.841 bits per heavy atom. The highest BCUT2D eigenvalue weighted by atomic mass is 32.2. The monoisotopic (exact) mass is 628 g/mol. The largest absolute Gasteiger partial charge is 0.345 e. The van der Waals surface area contributed by atoms with Crippen LogP contribution in [0.1, 0.15) is 74.7 Å². The van der Waals surface area contributed by atoms with E-state index in [1.807, 2.05) is 0 Å². The van der Waals surface area contributed by atoms with Gasteiger partial charge in [-0.25, -0.2) is 8.42 Å². The van der Waals surface area contributed by atoms with Crippen LogP contribution in [-0.2, 0) is 24.4 Å². The lowest BCUT2D eigenvalue weighted by Crippen LogP contribution is -2.63. The average Bonchev–Trinajstić information content (AvgIpc) is 2.89. The SMILES string of the molecule is CC(C)C(CC(=O)Nc1cccc(S(=O)(=O)Nc2ccc(NNC(=O)C(=O)NC3CC(C)(C)NC(C)(C)C3)cc2)c1)C(C)C. The van der Waals surface area contributed by atoms with Gasteiger partial charge in [0.1, 0.15) is 0 Å². The summed E-state index contributed by atoms with van der Waals surface area (Å²) in [7, 11) is -3.95. The normalized spacial score (nSPS) is 16.4. The van der Waals surface area contributed by atoms with Crippen LogP contribution in [0.4, 0.5) is 17.1 Å². The molecule has 0 bridgehead atoms. The van der Waals surface area contributed by atoms with Crippen molar-refractivity contribution in [2.45, 2.75) is 96.7 Å². The summed E-state index contributed by atoms with van der Waals surface area (Å²) in [5.74, 6) is -0.825. The zero-order chi connectivity index (χ0) is 32.9. The maximum Gasteiger partial charge on any atom is 0.327 e. The molecular formula is C32H48N6O5S. The molecule has 0 radical (unpaired) electrons. The molecule has 0 saturated carbocycles. The van der Waals surface area contributed by atoms with Crippen molar-refractivity contribution in [2.24, 2.45) is 17.8 Å². The molecule has 242 valence electrons. The minimum atomic E-state index is -3.95. The molecule has 11 nitrogen and oxygen atoms in total. The van der Waals surface area contributed by atoms with Crippen molar-refractivity contribution in [3.8, 4) is 0 Å². The molecule has 2 aromatic carbocycles. The third-order valence-corrected chi connectivity index (χ3v) is 9.13. The van der Waals surface area contributed by atoms with Crippen LogP contribution in [0.3, 0.4) is 0 Å². The molecule has 0 atom stereocenters. The van der Waals surface area contributed by atoms with Gasteiger partial charge in [0.2, 0.25) is 5.91 Å². The fraction of sp³-hybridized carbons (Fsp3) is 0.531. The van der Waals surface area contributed by atoms with Crippen molar-refractivity contribution in [3.63, 3.8) is 0 Å². The predicted molar refractivity (Wildman–Crippen MR) is 174 cm³/mol. The molecule has 1 aliphatic heterocycles. The first-order chi connectivity index (χ1) is 20.4. The van der Waals surface area contributed by atoms with Gasteiger partial charge in [-0.3, -0.25) is 30.0 Å². The number of hydrazine groups is 1. The minimum Gasteiger partial charge on any atom is -0.345 e. The van der Waals surface area contributed by atoms with Crippen LogP contribution in [0.15, 0.2) is 53.4 Å². The maximum absolute atomic E-state index is 13.1. The first kappa shape index (κ1) is 34.8. The zero-order valence-corrected chi connectivity index (χ0v) is 27.8. The second-order valence-electron chi connectivity index (χ2n) is 13.7. The van der Waals surface area contributed by atoms with Crippen LogP contribution >= 0.6 is 0 Å². The second-order valence-corrected chi connectivity index (χ2v) is 15.3. The van der Waals surface area contributed by atoms with Gasteiger partial charge < -0.3 is 16.0 Å². The molecule has 1 aliphatic rings. The lowest BCUT2D eigenvalue weighted by molar-refractivity contribution is -0.139. The van der Waals surface area contributed by atoms with E-state index in [0.29, 0.717) is 48.2 Å². The van der Waals surface area contributed by atoms with E-state index in [1.165, 1.54) is 24.3 Å². The quantitative estimate of drug-likeness (QED) is 0.157. The third-order valence-electron chi connectivity index (χ3n) is 7.75. The van der Waals surface area contributed by atoms with Gasteiger partial charge in [-0.15, -0.1) is 0 Å². The van der Waals surface area contributed by atoms with Crippen LogP contribution in [0.25, 0.3) is 0 Å². The number of sulfonamides is 1. The van der Waals surface area contributed by atoms with Crippen molar-refractivity contribution in [1.29, 1.82) is 0 Å². The fourth-order valence-electron chi connectivity index (χ4n) is 6.10. The standard InChI is InChI=1S/C32H48N6O5S/c1-20(2)27(21(3)4)17-28(39)33-24-10-9-11-26(16-24)44(42,43)37-23-14-12-22(13-15-23)35-36-30(41)29(40)34-25-18-31(5,6)38-32(7,8)19-25/h9-16,20-21,25,27,35,37-38H,17-19H2,1-8H3,(H,33,39)(H,34,40)(H,36,41). The molecule has 12 heteroatoms. The van der Waals surface area contributed by atoms with Crippen LogP contribution in [0.2, 0.25) is 0 Å². The van der Waals surface area contributed by atoms with Gasteiger partial charge in [-0.1, -0.05) is 33.8 Å². The summed E-state index contributed by atoms with van der Waals surface area (Å²) in [6.07, 6.45) is 1.73. The Hall–Kier alpha value is -3.64. The molecule has 0 aromatic heterocycles. The highest BCUT2D eigenvalue weighted by Crippen LogP contribution is 2.29. The third kappa shape index (κ3) is 10.2. The molecule has 0 spiro atoms. The molecule has 1 heterocycles. The van der Waals surface area contributed by atoms with Crippen LogP contribution in [0, 0.1) is 17.8 Å². The summed E-state index contributed by atoms with van der Waals surface area (Å²) in [5, 5.41) is 9.18. The first-order valence-corrected chi connectivity index (χ1v) is 16.5. The van der Waals surface area contributed by atoms with E-state index in [1.54, 1.807) is 24.3 Å². The molecule has 0 unspecified atom stereocenters. The smallest absolute Gasteiger partial charge is 0.327 e. The van der Waals surface area contributed by atoms with Gasteiger partial charge in [0.25, 0.3) is 10.0 Å². The summed E-state index contributed by atoms with van der Waals surface area (Å²) in [4.78, 5) is 37.6. The Kier molecular flexibility index (Phi) is 11.1. The van der Waals surface area contributed by atoms with Crippen LogP contribution in [-0.4, -0.2) is 43.3 Å². The van der Waals surface area contributed by atoms with E-state index in [-0.39, 0.29) is 33.8 Å². The Balaban J connectivity index is 1.54. The van der Waals surface area contributed by atoms with Crippen LogP contribution < -0.4 is 31.5 Å². The van der Waals surface area contributed by atoms with Gasteiger partial charge in [-0.2, -0.15) is 0 Å². The molecule has 3 amide bonds. The molecule has 2 aromatic rings. The molecule has 44 heavy (non-hydrogen) atoms. The molecule has 0 aliphatic carbocycles. The lowest BCUT2D eigenvalue weighted by atomic mass is 9.79. The number of nitrogens with one attached hydrogen (secondary N) is 6. The summed E-state index contributed by atoms with van der Waals surface area (Å²) in [6, 6.07) is 12.1. The minimum absolute atomic E-state index is 0.000526. The first-order valence-electron chi connectivity index (χ1n) is 15.0. The van der Waals surface area contributed by atoms with E-state index < -0.39 is 21.8 Å². The van der Waals surface area contributed by atoms with E-state index in [2.05, 4.69) is 86.9 Å². The number of hydrogen-bond donors (Lipinski definition) is 6. The van der Waals surface area contributed by atoms with Crippen LogP contribution in [0.5, 0.6) is 0 Å². The highest BCUT2D eigenvalue weighted by molar-refractivity contribution is 7.92. The van der Waals surface area contributed by atoms with Crippen molar-refractivity contribution in [2.75, 3.05) is 15.5 Å². The molecule has 3 rings (SSSR count). The number of carbonyl (C=O) groups excluding carboxylic acids is 3. The Bertz CT molecular complexity index is 1410. The topological polar surface area (TPSA) is 158 Å². The summed E-state index contributed by atoms with van der Waals surface area (Å²) < 4.78 is 28.7. The average molecular weight is 629 g/mol. The van der Waals surface area contributed by atoms with E-state index in [4.69, 9.17) is 0 Å². The Morgan fingerprint density at radius 3 is 1.98 bits per heavy atom. The van der Waals surface area contributed by atoms with E-state index >= 15 is 0 Å². The Morgan fingerprint density at radius 2 is 1.41 bits per heavy atom. The fourth-order valence-corrected chi connectivity index (χ4v) is 7.21. The number of piperidine rings is 1. The molecule has 1 saturated heterocycles. The van der Waals surface area contributed by atoms with Crippen molar-refractivity contribution in [1.82, 2.24) is 16.1 Å². The lowest BCUT2D eigenvalue weighted by Gasteiger charge is -2.46. The number of anilines is 3. The summed E-state index contributed by atoms with van der Waals surface area (Å²) >= 11 is 0. The molecular weight excluding hydrogens is 580 g/mol. The molecule has 1 fully saturated rings. The summed E-state index contributed by atoms with van der Waals surface area (Å²) in [5.41, 5.74) is 5.84. The van der Waals surface area contributed by atoms with Crippen molar-refractivity contribution >= 4 is 44.8 Å². The predicted octanol–water partition coefficient (Wildman–Crippen LogP) is 4.61. The molecule has 6 N–H and O–H groups in total. The van der Waals surface area contributed by atoms with Gasteiger partial charge in [0, 0.05) is 34.9 Å². The van der Waals surface area contributed by atoms with Gasteiger partial charge in [0.15, 0.2) is 0 Å². The Labute approximate surface area is 261 Å². The maximum atomic E-state index is 13.1. The number of carbonyl (C=O) groups is 3. The number of benzene rings is 2. The van der Waals surface area contributed by atoms with Crippen molar-refractivity contribution in [3.05, 3.63) is 48.5 Å². The highest BCUT2D eigenvalue weighted by Gasteiger charge is 2.38. The van der Waals surface area contributed by atoms with E-state index in [9.17, 15) is 22.8 Å². The summed E-state index contributed by atoms with van der Waals surface area (Å²) in [6.45, 7) is 16.6. The zero-order valence-electron chi connectivity index (χ0n) is 27.0. The van der Waals surface area contributed by atoms with E-state index in [0.717, 1.165) is 0 Å². The van der Waals surface area contributed by atoms with Gasteiger partial charge >= 0.3 is 11.8 Å². The number of hydrogen-bond acceptors (Lipinski definition) is 7. The van der Waals surface area contributed by atoms with Gasteiger partial charge in [-0.05, 0) is 101 Å². The number of amides is 3. The second kappa shape index (κ2) is 14.0. The van der Waals surface area contributed by atoms with Crippen molar-refractivity contribution < 1.29 is 22.8 Å².